The first kappa shape index (κ1) is 20.5. The Morgan fingerprint density at radius 2 is 1.63 bits per heavy atom. The van der Waals surface area contributed by atoms with Crippen molar-refractivity contribution < 1.29 is 34.4 Å². The van der Waals surface area contributed by atoms with Gasteiger partial charge in [0.15, 0.2) is 6.10 Å². The Labute approximate surface area is 172 Å². The molecular formula is C21H22N2O7. The van der Waals surface area contributed by atoms with Crippen LogP contribution >= 0.6 is 0 Å². The summed E-state index contributed by atoms with van der Waals surface area (Å²) >= 11 is 0. The molecule has 1 fully saturated rings. The molecule has 158 valence electrons. The zero-order valence-electron chi connectivity index (χ0n) is 15.9. The van der Waals surface area contributed by atoms with Crippen LogP contribution in [0.1, 0.15) is 17.6 Å². The molecule has 9 heteroatoms. The number of hydrogen-bond acceptors (Lipinski definition) is 9. The van der Waals surface area contributed by atoms with Crippen LogP contribution in [0.25, 0.3) is 11.4 Å². The van der Waals surface area contributed by atoms with Gasteiger partial charge in [-0.15, -0.1) is 0 Å². The van der Waals surface area contributed by atoms with Crippen LogP contribution in [0.2, 0.25) is 0 Å². The van der Waals surface area contributed by atoms with Gasteiger partial charge in [0.05, 0.1) is 6.61 Å². The molecule has 1 aliphatic heterocycles. The summed E-state index contributed by atoms with van der Waals surface area (Å²) in [4.78, 5) is 4.23. The molecule has 1 aliphatic rings. The van der Waals surface area contributed by atoms with Gasteiger partial charge in [-0.05, 0) is 29.8 Å². The van der Waals surface area contributed by atoms with E-state index in [0.717, 1.165) is 5.56 Å². The van der Waals surface area contributed by atoms with Crippen molar-refractivity contribution in [3.8, 4) is 17.1 Å². The predicted molar refractivity (Wildman–Crippen MR) is 103 cm³/mol. The molecule has 30 heavy (non-hydrogen) atoms. The fourth-order valence-electron chi connectivity index (χ4n) is 3.21. The minimum Gasteiger partial charge on any atom is -0.489 e. The Morgan fingerprint density at radius 1 is 0.900 bits per heavy atom. The van der Waals surface area contributed by atoms with Crippen molar-refractivity contribution in [3.05, 3.63) is 66.1 Å². The van der Waals surface area contributed by atoms with Crippen molar-refractivity contribution in [1.29, 1.82) is 0 Å². The summed E-state index contributed by atoms with van der Waals surface area (Å²) in [7, 11) is 0. The van der Waals surface area contributed by atoms with E-state index in [1.807, 2.05) is 30.3 Å². The zero-order chi connectivity index (χ0) is 21.1. The summed E-state index contributed by atoms with van der Waals surface area (Å²) < 4.78 is 16.4. The highest BCUT2D eigenvalue weighted by Crippen LogP contribution is 2.32. The van der Waals surface area contributed by atoms with Crippen molar-refractivity contribution in [3.63, 3.8) is 0 Å². The molecule has 4 rings (SSSR count). The quantitative estimate of drug-likeness (QED) is 0.462. The SMILES string of the molecule is OC[C@H]1O[C@@H](c2nc(-c3ccc(OCc4ccccc4)cc3)no2)[C@H](O)[C@@H](O)[C@@H]1O. The molecule has 0 aliphatic carbocycles. The number of rotatable bonds is 6. The van der Waals surface area contributed by atoms with Crippen molar-refractivity contribution in [2.75, 3.05) is 6.61 Å². The van der Waals surface area contributed by atoms with E-state index in [0.29, 0.717) is 17.9 Å². The Morgan fingerprint density at radius 3 is 2.33 bits per heavy atom. The molecule has 3 aromatic rings. The molecule has 0 bridgehead atoms. The number of aliphatic hydroxyl groups excluding tert-OH is 4. The van der Waals surface area contributed by atoms with E-state index < -0.39 is 37.1 Å². The molecule has 0 saturated carbocycles. The molecule has 2 aromatic carbocycles. The van der Waals surface area contributed by atoms with Crippen molar-refractivity contribution >= 4 is 0 Å². The van der Waals surface area contributed by atoms with Gasteiger partial charge in [-0.3, -0.25) is 0 Å². The van der Waals surface area contributed by atoms with Gasteiger partial charge in [0.2, 0.25) is 5.82 Å². The number of aromatic nitrogens is 2. The van der Waals surface area contributed by atoms with E-state index in [1.165, 1.54) is 0 Å². The molecule has 4 N–H and O–H groups in total. The summed E-state index contributed by atoms with van der Waals surface area (Å²) in [6.45, 7) is -0.0868. The molecule has 1 aromatic heterocycles. The Bertz CT molecular complexity index is 946. The van der Waals surface area contributed by atoms with Crippen molar-refractivity contribution in [1.82, 2.24) is 10.1 Å². The van der Waals surface area contributed by atoms with E-state index in [-0.39, 0.29) is 11.7 Å². The third-order valence-corrected chi connectivity index (χ3v) is 4.94. The topological polar surface area (TPSA) is 138 Å². The van der Waals surface area contributed by atoms with Crippen molar-refractivity contribution in [2.45, 2.75) is 37.1 Å². The van der Waals surface area contributed by atoms with Gasteiger partial charge >= 0.3 is 0 Å². The Hall–Kier alpha value is -2.82. The van der Waals surface area contributed by atoms with Crippen LogP contribution in [0.3, 0.4) is 0 Å². The zero-order valence-corrected chi connectivity index (χ0v) is 15.9. The smallest absolute Gasteiger partial charge is 0.258 e. The third-order valence-electron chi connectivity index (χ3n) is 4.94. The van der Waals surface area contributed by atoms with Gasteiger partial charge in [0, 0.05) is 5.56 Å². The minimum absolute atomic E-state index is 0.0636. The molecule has 2 heterocycles. The first-order valence-corrected chi connectivity index (χ1v) is 9.48. The molecule has 5 atom stereocenters. The first-order chi connectivity index (χ1) is 14.6. The fourth-order valence-corrected chi connectivity index (χ4v) is 3.21. The summed E-state index contributed by atoms with van der Waals surface area (Å²) in [5, 5.41) is 43.2. The van der Waals surface area contributed by atoms with Crippen molar-refractivity contribution in [2.24, 2.45) is 0 Å². The van der Waals surface area contributed by atoms with Crippen LogP contribution in [0.4, 0.5) is 0 Å². The maximum absolute atomic E-state index is 10.2. The molecule has 9 nitrogen and oxygen atoms in total. The van der Waals surface area contributed by atoms with Gasteiger partial charge in [-0.1, -0.05) is 35.5 Å². The van der Waals surface area contributed by atoms with Crippen LogP contribution < -0.4 is 4.74 Å². The fraction of sp³-hybridized carbons (Fsp3) is 0.333. The standard InChI is InChI=1S/C21H22N2O7/c24-10-15-16(25)17(26)18(27)19(29-15)21-22-20(23-30-21)13-6-8-14(9-7-13)28-11-12-4-2-1-3-5-12/h1-9,15-19,24-27H,10-11H2/t15-,16-,17+,18-,19-/m1/s1. The van der Waals surface area contributed by atoms with Crippen LogP contribution in [-0.2, 0) is 11.3 Å². The molecule has 0 radical (unpaired) electrons. The number of hydrogen-bond donors (Lipinski definition) is 4. The van der Waals surface area contributed by atoms with Crippen LogP contribution in [0.15, 0.2) is 59.1 Å². The second kappa shape index (κ2) is 8.90. The summed E-state index contributed by atoms with van der Waals surface area (Å²) in [6.07, 6.45) is -6.67. The maximum atomic E-state index is 10.2. The minimum atomic E-state index is -1.52. The second-order valence-corrected chi connectivity index (χ2v) is 7.00. The maximum Gasteiger partial charge on any atom is 0.258 e. The molecular weight excluding hydrogens is 392 g/mol. The largest absolute Gasteiger partial charge is 0.489 e. The highest BCUT2D eigenvalue weighted by molar-refractivity contribution is 5.55. The van der Waals surface area contributed by atoms with Gasteiger partial charge in [0.1, 0.15) is 36.8 Å². The number of nitrogens with zero attached hydrogens (tertiary/aromatic N) is 2. The third kappa shape index (κ3) is 4.20. The monoisotopic (exact) mass is 414 g/mol. The van der Waals surface area contributed by atoms with E-state index in [9.17, 15) is 20.4 Å². The number of benzene rings is 2. The lowest BCUT2D eigenvalue weighted by atomic mass is 9.95. The first-order valence-electron chi connectivity index (χ1n) is 9.48. The van der Waals surface area contributed by atoms with Crippen LogP contribution in [0, 0.1) is 0 Å². The Kier molecular flexibility index (Phi) is 6.07. The van der Waals surface area contributed by atoms with E-state index >= 15 is 0 Å². The molecule has 1 saturated heterocycles. The molecule has 0 amide bonds. The summed E-state index contributed by atoms with van der Waals surface area (Å²) in [5.74, 6) is 0.878. The van der Waals surface area contributed by atoms with E-state index in [4.69, 9.17) is 14.0 Å². The lowest BCUT2D eigenvalue weighted by molar-refractivity contribution is -0.237. The highest BCUT2D eigenvalue weighted by Gasteiger charge is 2.46. The average Bonchev–Trinajstić information content (AvgIpc) is 3.27. The van der Waals surface area contributed by atoms with Crippen LogP contribution in [-0.4, -0.2) is 61.6 Å². The van der Waals surface area contributed by atoms with Gasteiger partial charge in [0.25, 0.3) is 5.89 Å². The van der Waals surface area contributed by atoms with E-state index in [2.05, 4.69) is 10.1 Å². The second-order valence-electron chi connectivity index (χ2n) is 7.00. The van der Waals surface area contributed by atoms with Gasteiger partial charge in [-0.25, -0.2) is 0 Å². The number of ether oxygens (including phenoxy) is 2. The van der Waals surface area contributed by atoms with Gasteiger partial charge in [-0.2, -0.15) is 4.98 Å². The van der Waals surface area contributed by atoms with E-state index in [1.54, 1.807) is 24.3 Å². The lowest BCUT2D eigenvalue weighted by Gasteiger charge is -2.38. The van der Waals surface area contributed by atoms with Gasteiger partial charge < -0.3 is 34.4 Å². The molecule has 0 unspecified atom stereocenters. The highest BCUT2D eigenvalue weighted by atomic mass is 16.6. The number of aliphatic hydroxyl groups is 4. The Balaban J connectivity index is 1.44. The normalized spacial score (nSPS) is 26.5. The lowest BCUT2D eigenvalue weighted by Crippen LogP contribution is -2.55. The summed E-state index contributed by atoms with van der Waals surface area (Å²) in [5.41, 5.74) is 1.71. The van der Waals surface area contributed by atoms with Crippen LogP contribution in [0.5, 0.6) is 5.75 Å². The average molecular weight is 414 g/mol. The molecule has 0 spiro atoms. The summed E-state index contributed by atoms with van der Waals surface area (Å²) in [6, 6.07) is 16.9. The predicted octanol–water partition coefficient (Wildman–Crippen LogP) is 0.830.